The molecule has 0 bridgehead atoms. The molecular formula is C38H44N2O8. The van der Waals surface area contributed by atoms with Crippen LogP contribution < -0.4 is 30.4 Å². The highest BCUT2D eigenvalue weighted by atomic mass is 16.6. The lowest BCUT2D eigenvalue weighted by molar-refractivity contribution is -0.178. The molecular weight excluding hydrogens is 612 g/mol. The second-order valence-corrected chi connectivity index (χ2v) is 11.5. The lowest BCUT2D eigenvalue weighted by Crippen LogP contribution is -2.47. The maximum absolute atomic E-state index is 13.1. The fraction of sp³-hybridized carbons (Fsp3) is 0.316. The van der Waals surface area contributed by atoms with Gasteiger partial charge in [-0.05, 0) is 62.1 Å². The fourth-order valence-corrected chi connectivity index (χ4v) is 5.34. The molecule has 6 unspecified atom stereocenters. The first-order valence-corrected chi connectivity index (χ1v) is 15.8. The summed E-state index contributed by atoms with van der Waals surface area (Å²) in [5, 5.41) is 0. The number of rotatable bonds is 16. The van der Waals surface area contributed by atoms with Crippen LogP contribution in [0.15, 0.2) is 109 Å². The van der Waals surface area contributed by atoms with Crippen molar-refractivity contribution in [2.75, 3.05) is 14.2 Å². The van der Waals surface area contributed by atoms with Gasteiger partial charge in [0.15, 0.2) is 12.5 Å². The maximum Gasteiger partial charge on any atom is 0.419 e. The summed E-state index contributed by atoms with van der Waals surface area (Å²) in [6.45, 7) is 3.65. The summed E-state index contributed by atoms with van der Waals surface area (Å²) in [4.78, 5) is 26.2. The molecule has 0 amide bonds. The standard InChI is InChI=1S/C38H44N2O8/c1-25(45-31-19-11-17-29(23-31)43-3)33(21-27-13-7-5-8-14-27)35(39)47-37(41)38(42)48-36(40)34(22-28-15-9-6-10-16-28)26(2)46-32-20-12-18-30(24-32)44-4/h5-20,23-26,33-36H,21-22,39-40H2,1-4H3. The van der Waals surface area contributed by atoms with Gasteiger partial charge in [0.1, 0.15) is 35.2 Å². The van der Waals surface area contributed by atoms with Crippen molar-refractivity contribution >= 4 is 11.9 Å². The van der Waals surface area contributed by atoms with E-state index in [1.54, 1.807) is 62.8 Å². The van der Waals surface area contributed by atoms with Crippen LogP contribution in [0.4, 0.5) is 0 Å². The number of hydrogen-bond acceptors (Lipinski definition) is 10. The third-order valence-corrected chi connectivity index (χ3v) is 8.06. The Hall–Kier alpha value is -5.06. The number of benzene rings is 4. The summed E-state index contributed by atoms with van der Waals surface area (Å²) >= 11 is 0. The van der Waals surface area contributed by atoms with E-state index < -0.39 is 48.4 Å². The first-order valence-electron chi connectivity index (χ1n) is 15.8. The minimum Gasteiger partial charge on any atom is -0.497 e. The highest BCUT2D eigenvalue weighted by molar-refractivity contribution is 6.29. The molecule has 0 aliphatic heterocycles. The SMILES string of the molecule is COc1cccc(OC(C)C(Cc2ccccc2)C(N)OC(=O)C(=O)OC(N)C(Cc2ccccc2)C(C)Oc2cccc(OC)c2)c1. The van der Waals surface area contributed by atoms with Crippen molar-refractivity contribution in [3.8, 4) is 23.0 Å². The predicted octanol–water partition coefficient (Wildman–Crippen LogP) is 5.31. The van der Waals surface area contributed by atoms with Crippen LogP contribution in [0.2, 0.25) is 0 Å². The molecule has 0 radical (unpaired) electrons. The van der Waals surface area contributed by atoms with Gasteiger partial charge in [-0.15, -0.1) is 0 Å². The zero-order valence-corrected chi connectivity index (χ0v) is 27.7. The van der Waals surface area contributed by atoms with E-state index in [2.05, 4.69) is 0 Å². The maximum atomic E-state index is 13.1. The third kappa shape index (κ3) is 10.5. The molecule has 10 heteroatoms. The minimum absolute atomic E-state index is 0.410. The van der Waals surface area contributed by atoms with E-state index in [-0.39, 0.29) is 0 Å². The van der Waals surface area contributed by atoms with Crippen LogP contribution in [0, 0.1) is 11.8 Å². The summed E-state index contributed by atoms with van der Waals surface area (Å²) in [5.41, 5.74) is 14.8. The average molecular weight is 657 g/mol. The van der Waals surface area contributed by atoms with Crippen molar-refractivity contribution in [1.29, 1.82) is 0 Å². The normalized spacial score (nSPS) is 14.7. The molecule has 0 aliphatic carbocycles. The van der Waals surface area contributed by atoms with Gasteiger partial charge in [-0.2, -0.15) is 0 Å². The van der Waals surface area contributed by atoms with Crippen molar-refractivity contribution in [3.05, 3.63) is 120 Å². The molecule has 254 valence electrons. The van der Waals surface area contributed by atoms with E-state index in [9.17, 15) is 9.59 Å². The van der Waals surface area contributed by atoms with Gasteiger partial charge in [-0.3, -0.25) is 11.5 Å². The van der Waals surface area contributed by atoms with Crippen LogP contribution in [-0.2, 0) is 31.9 Å². The van der Waals surface area contributed by atoms with E-state index in [1.807, 2.05) is 74.5 Å². The van der Waals surface area contributed by atoms with Gasteiger partial charge in [-0.1, -0.05) is 72.8 Å². The van der Waals surface area contributed by atoms with E-state index in [0.717, 1.165) is 11.1 Å². The van der Waals surface area contributed by atoms with Gasteiger partial charge >= 0.3 is 11.9 Å². The highest BCUT2D eigenvalue weighted by Crippen LogP contribution is 2.27. The predicted molar refractivity (Wildman–Crippen MR) is 182 cm³/mol. The van der Waals surface area contributed by atoms with Gasteiger partial charge in [0.2, 0.25) is 0 Å². The summed E-state index contributed by atoms with van der Waals surface area (Å²) in [6, 6.07) is 33.5. The minimum atomic E-state index is -1.26. The summed E-state index contributed by atoms with van der Waals surface area (Å²) in [7, 11) is 3.14. The Morgan fingerprint density at radius 2 is 0.896 bits per heavy atom. The van der Waals surface area contributed by atoms with Crippen LogP contribution in [0.25, 0.3) is 0 Å². The fourth-order valence-electron chi connectivity index (χ4n) is 5.34. The Morgan fingerprint density at radius 1 is 0.542 bits per heavy atom. The van der Waals surface area contributed by atoms with Crippen molar-refractivity contribution < 1.29 is 38.0 Å². The Labute approximate surface area is 281 Å². The lowest BCUT2D eigenvalue weighted by Gasteiger charge is -2.31. The Balaban J connectivity index is 1.46. The van der Waals surface area contributed by atoms with Crippen molar-refractivity contribution in [2.45, 2.75) is 51.4 Å². The molecule has 4 N–H and O–H groups in total. The molecule has 4 aromatic carbocycles. The largest absolute Gasteiger partial charge is 0.497 e. The average Bonchev–Trinajstić information content (AvgIpc) is 3.10. The van der Waals surface area contributed by atoms with Gasteiger partial charge in [-0.25, -0.2) is 9.59 Å². The van der Waals surface area contributed by atoms with E-state index in [1.165, 1.54) is 0 Å². The second kappa shape index (κ2) is 17.7. The number of hydrogen-bond donors (Lipinski definition) is 2. The number of nitrogens with two attached hydrogens (primary N) is 2. The Bertz CT molecular complexity index is 1470. The van der Waals surface area contributed by atoms with Crippen molar-refractivity contribution in [2.24, 2.45) is 23.3 Å². The number of methoxy groups -OCH3 is 2. The van der Waals surface area contributed by atoms with Crippen LogP contribution in [-0.4, -0.2) is 50.8 Å². The molecule has 0 fully saturated rings. The molecule has 6 atom stereocenters. The van der Waals surface area contributed by atoms with Gasteiger partial charge < -0.3 is 28.4 Å². The summed E-state index contributed by atoms with van der Waals surface area (Å²) < 4.78 is 34.0. The molecule has 4 aromatic rings. The number of esters is 2. The molecule has 0 saturated carbocycles. The van der Waals surface area contributed by atoms with Gasteiger partial charge in [0.25, 0.3) is 0 Å². The first-order chi connectivity index (χ1) is 23.2. The Morgan fingerprint density at radius 3 is 1.25 bits per heavy atom. The smallest absolute Gasteiger partial charge is 0.419 e. The molecule has 0 saturated heterocycles. The quantitative estimate of drug-likeness (QED) is 0.0926. The summed E-state index contributed by atoms with van der Waals surface area (Å²) in [5.74, 6) is -1.23. The molecule has 0 heterocycles. The van der Waals surface area contributed by atoms with Crippen LogP contribution in [0.5, 0.6) is 23.0 Å². The monoisotopic (exact) mass is 656 g/mol. The van der Waals surface area contributed by atoms with Crippen molar-refractivity contribution in [3.63, 3.8) is 0 Å². The van der Waals surface area contributed by atoms with Crippen LogP contribution in [0.3, 0.4) is 0 Å². The van der Waals surface area contributed by atoms with Gasteiger partial charge in [0.05, 0.1) is 26.1 Å². The highest BCUT2D eigenvalue weighted by Gasteiger charge is 2.35. The Kier molecular flexibility index (Phi) is 13.2. The zero-order chi connectivity index (χ0) is 34.5. The molecule has 10 nitrogen and oxygen atoms in total. The summed E-state index contributed by atoms with van der Waals surface area (Å²) in [6.07, 6.45) is -2.65. The first kappa shape index (κ1) is 35.8. The zero-order valence-electron chi connectivity index (χ0n) is 27.7. The molecule has 0 aromatic heterocycles. The molecule has 4 rings (SSSR count). The van der Waals surface area contributed by atoms with Gasteiger partial charge in [0, 0.05) is 12.1 Å². The second-order valence-electron chi connectivity index (χ2n) is 11.5. The van der Waals surface area contributed by atoms with Crippen LogP contribution in [0.1, 0.15) is 25.0 Å². The molecule has 48 heavy (non-hydrogen) atoms. The number of carbonyl (C=O) groups excluding carboxylic acids is 2. The van der Waals surface area contributed by atoms with E-state index >= 15 is 0 Å². The topological polar surface area (TPSA) is 142 Å². The van der Waals surface area contributed by atoms with E-state index in [0.29, 0.717) is 35.8 Å². The molecule has 0 aliphatic rings. The van der Waals surface area contributed by atoms with E-state index in [4.69, 9.17) is 39.9 Å². The third-order valence-electron chi connectivity index (χ3n) is 8.06. The lowest BCUT2D eigenvalue weighted by atomic mass is 9.93. The van der Waals surface area contributed by atoms with Crippen LogP contribution >= 0.6 is 0 Å². The van der Waals surface area contributed by atoms with Crippen molar-refractivity contribution in [1.82, 2.24) is 0 Å². The number of ether oxygens (including phenoxy) is 6. The molecule has 0 spiro atoms. The number of carbonyl (C=O) groups is 2.